The average Bonchev–Trinajstić information content (AvgIpc) is 3.21. The minimum Gasteiger partial charge on any atom is -0.481 e. The second kappa shape index (κ2) is 12.6. The summed E-state index contributed by atoms with van der Waals surface area (Å²) < 4.78 is 0. The number of rotatable bonds is 13. The summed E-state index contributed by atoms with van der Waals surface area (Å²) in [6.07, 6.45) is -0.208. The first-order chi connectivity index (χ1) is 15.0. The van der Waals surface area contributed by atoms with Crippen LogP contribution in [0.2, 0.25) is 0 Å². The molecule has 0 spiro atoms. The van der Waals surface area contributed by atoms with E-state index in [4.69, 9.17) is 26.8 Å². The summed E-state index contributed by atoms with van der Waals surface area (Å²) in [6.45, 7) is -0.687. The van der Waals surface area contributed by atoms with E-state index < -0.39 is 72.8 Å². The molecule has 0 aliphatic carbocycles. The molecule has 14 heteroatoms. The first-order valence-corrected chi connectivity index (χ1v) is 9.98. The fourth-order valence-electron chi connectivity index (χ4n) is 3.20. The van der Waals surface area contributed by atoms with Crippen molar-refractivity contribution < 1.29 is 44.1 Å². The van der Waals surface area contributed by atoms with E-state index in [1.165, 1.54) is 4.90 Å². The van der Waals surface area contributed by atoms with Gasteiger partial charge in [0, 0.05) is 19.4 Å². The highest BCUT2D eigenvalue weighted by atomic mass is 16.4. The number of carboxylic acids is 2. The van der Waals surface area contributed by atoms with Gasteiger partial charge in [0.25, 0.3) is 0 Å². The van der Waals surface area contributed by atoms with Gasteiger partial charge < -0.3 is 42.3 Å². The molecule has 4 amide bonds. The van der Waals surface area contributed by atoms with Crippen LogP contribution < -0.4 is 22.1 Å². The van der Waals surface area contributed by atoms with Crippen molar-refractivity contribution in [3.8, 4) is 0 Å². The van der Waals surface area contributed by atoms with E-state index in [1.54, 1.807) is 0 Å². The Morgan fingerprint density at radius 1 is 1.00 bits per heavy atom. The third kappa shape index (κ3) is 8.11. The summed E-state index contributed by atoms with van der Waals surface area (Å²) in [5, 5.41) is 31.3. The summed E-state index contributed by atoms with van der Waals surface area (Å²) in [4.78, 5) is 71.8. The molecule has 1 heterocycles. The van der Waals surface area contributed by atoms with Gasteiger partial charge >= 0.3 is 11.9 Å². The number of aliphatic hydroxyl groups excluding tert-OH is 1. The number of nitrogens with zero attached hydrogens (tertiary/aromatic N) is 1. The Balaban J connectivity index is 2.88. The second-order valence-electron chi connectivity index (χ2n) is 7.38. The Labute approximate surface area is 183 Å². The number of carbonyl (C=O) groups is 6. The van der Waals surface area contributed by atoms with E-state index in [2.05, 4.69) is 5.32 Å². The molecule has 32 heavy (non-hydrogen) atoms. The fourth-order valence-corrected chi connectivity index (χ4v) is 3.20. The van der Waals surface area contributed by atoms with Crippen molar-refractivity contribution in [1.82, 2.24) is 15.5 Å². The summed E-state index contributed by atoms with van der Waals surface area (Å²) in [5.41, 5.74) is 10.8. The van der Waals surface area contributed by atoms with Crippen LogP contribution in [0.1, 0.15) is 38.5 Å². The van der Waals surface area contributed by atoms with Crippen LogP contribution in [-0.4, -0.2) is 93.1 Å². The standard InChI is InChI=1S/C18H29N5O9/c19-9(3-5-13(20)25)17(30)23-7-1-2-12(23)16(29)21-10(4-6-14(26)27)15(28)22-11(8-24)18(31)32/h9-12,24H,1-8,19H2,(H2,20,25)(H,21,29)(H,22,28)(H,26,27)(H,31,32). The van der Waals surface area contributed by atoms with Gasteiger partial charge in [0.2, 0.25) is 23.6 Å². The number of likely N-dealkylation sites (tertiary alicyclic amines) is 1. The molecule has 0 aromatic heterocycles. The van der Waals surface area contributed by atoms with Crippen molar-refractivity contribution in [2.75, 3.05) is 13.2 Å². The average molecular weight is 459 g/mol. The van der Waals surface area contributed by atoms with Crippen molar-refractivity contribution in [2.45, 2.75) is 62.7 Å². The highest BCUT2D eigenvalue weighted by molar-refractivity contribution is 5.94. The molecule has 1 fully saturated rings. The van der Waals surface area contributed by atoms with Crippen molar-refractivity contribution in [1.29, 1.82) is 0 Å². The van der Waals surface area contributed by atoms with Crippen LogP contribution in [0.15, 0.2) is 0 Å². The molecule has 0 aromatic carbocycles. The molecule has 0 bridgehead atoms. The van der Waals surface area contributed by atoms with Gasteiger partial charge in [-0.05, 0) is 25.7 Å². The van der Waals surface area contributed by atoms with E-state index in [0.717, 1.165) is 0 Å². The number of aliphatic hydroxyl groups is 1. The minimum atomic E-state index is -1.64. The van der Waals surface area contributed by atoms with Crippen LogP contribution in [0.25, 0.3) is 0 Å². The van der Waals surface area contributed by atoms with E-state index in [0.29, 0.717) is 6.42 Å². The van der Waals surface area contributed by atoms with E-state index in [9.17, 15) is 28.8 Å². The maximum absolute atomic E-state index is 12.8. The number of hydrogen-bond acceptors (Lipinski definition) is 8. The van der Waals surface area contributed by atoms with Gasteiger partial charge in [-0.3, -0.25) is 24.0 Å². The van der Waals surface area contributed by atoms with Crippen LogP contribution in [0.5, 0.6) is 0 Å². The summed E-state index contributed by atoms with van der Waals surface area (Å²) in [7, 11) is 0. The molecule has 9 N–H and O–H groups in total. The molecule has 4 unspecified atom stereocenters. The van der Waals surface area contributed by atoms with E-state index in [1.807, 2.05) is 5.32 Å². The summed E-state index contributed by atoms with van der Waals surface area (Å²) in [5.74, 6) is -5.68. The van der Waals surface area contributed by atoms with Gasteiger partial charge in [0.05, 0.1) is 12.6 Å². The molecule has 1 rings (SSSR count). The van der Waals surface area contributed by atoms with Crippen LogP contribution in [0.3, 0.4) is 0 Å². The molecule has 14 nitrogen and oxygen atoms in total. The third-order valence-electron chi connectivity index (χ3n) is 4.93. The molecule has 0 aromatic rings. The van der Waals surface area contributed by atoms with Crippen molar-refractivity contribution in [3.05, 3.63) is 0 Å². The number of primary amides is 1. The van der Waals surface area contributed by atoms with Crippen LogP contribution >= 0.6 is 0 Å². The van der Waals surface area contributed by atoms with Gasteiger partial charge in [0.15, 0.2) is 0 Å². The number of nitrogens with one attached hydrogen (secondary N) is 2. The summed E-state index contributed by atoms with van der Waals surface area (Å²) in [6, 6.07) is -5.08. The molecular weight excluding hydrogens is 430 g/mol. The van der Waals surface area contributed by atoms with Gasteiger partial charge in [0.1, 0.15) is 18.1 Å². The van der Waals surface area contributed by atoms with Gasteiger partial charge in [-0.1, -0.05) is 0 Å². The molecule has 180 valence electrons. The number of carboxylic acid groups (broad SMARTS) is 2. The topological polar surface area (TPSA) is 242 Å². The van der Waals surface area contributed by atoms with Gasteiger partial charge in [-0.25, -0.2) is 4.79 Å². The number of amides is 4. The molecule has 1 aliphatic rings. The summed E-state index contributed by atoms with van der Waals surface area (Å²) >= 11 is 0. The highest BCUT2D eigenvalue weighted by Crippen LogP contribution is 2.19. The molecular formula is C18H29N5O9. The normalized spacial score (nSPS) is 18.3. The molecule has 0 radical (unpaired) electrons. The fraction of sp³-hybridized carbons (Fsp3) is 0.667. The smallest absolute Gasteiger partial charge is 0.328 e. The maximum Gasteiger partial charge on any atom is 0.328 e. The first-order valence-electron chi connectivity index (χ1n) is 9.98. The van der Waals surface area contributed by atoms with Gasteiger partial charge in [-0.15, -0.1) is 0 Å². The van der Waals surface area contributed by atoms with Crippen LogP contribution in [-0.2, 0) is 28.8 Å². The lowest BCUT2D eigenvalue weighted by atomic mass is 10.1. The first kappa shape index (κ1) is 26.8. The quantitative estimate of drug-likeness (QED) is 0.143. The van der Waals surface area contributed by atoms with Crippen molar-refractivity contribution >= 4 is 35.6 Å². The molecule has 1 aliphatic heterocycles. The highest BCUT2D eigenvalue weighted by Gasteiger charge is 2.38. The Morgan fingerprint density at radius 2 is 1.66 bits per heavy atom. The predicted octanol–water partition coefficient (Wildman–Crippen LogP) is -3.52. The predicted molar refractivity (Wildman–Crippen MR) is 107 cm³/mol. The monoisotopic (exact) mass is 459 g/mol. The molecule has 1 saturated heterocycles. The van der Waals surface area contributed by atoms with E-state index in [-0.39, 0.29) is 32.2 Å². The number of carbonyl (C=O) groups excluding carboxylic acids is 4. The number of nitrogens with two attached hydrogens (primary N) is 2. The molecule has 0 saturated carbocycles. The van der Waals surface area contributed by atoms with Gasteiger partial charge in [-0.2, -0.15) is 0 Å². The van der Waals surface area contributed by atoms with Crippen LogP contribution in [0.4, 0.5) is 0 Å². The third-order valence-corrected chi connectivity index (χ3v) is 4.93. The second-order valence-corrected chi connectivity index (χ2v) is 7.38. The number of hydrogen-bond donors (Lipinski definition) is 7. The maximum atomic E-state index is 12.8. The number of aliphatic carboxylic acids is 2. The van der Waals surface area contributed by atoms with Crippen LogP contribution in [0, 0.1) is 0 Å². The van der Waals surface area contributed by atoms with Crippen molar-refractivity contribution in [3.63, 3.8) is 0 Å². The largest absolute Gasteiger partial charge is 0.481 e. The van der Waals surface area contributed by atoms with Crippen molar-refractivity contribution in [2.24, 2.45) is 11.5 Å². The zero-order chi connectivity index (χ0) is 24.4. The minimum absolute atomic E-state index is 0.000382. The van der Waals surface area contributed by atoms with E-state index >= 15 is 0 Å². The Hall–Kier alpha value is -3.26. The molecule has 4 atom stereocenters. The zero-order valence-electron chi connectivity index (χ0n) is 17.4. The zero-order valence-corrected chi connectivity index (χ0v) is 17.4. The SMILES string of the molecule is NC(=O)CCC(N)C(=O)N1CCCC1C(=O)NC(CCC(=O)O)C(=O)NC(CO)C(=O)O. The lowest BCUT2D eigenvalue weighted by molar-refractivity contribution is -0.144. The lowest BCUT2D eigenvalue weighted by Crippen LogP contribution is -2.57. The Morgan fingerprint density at radius 3 is 2.19 bits per heavy atom. The lowest BCUT2D eigenvalue weighted by Gasteiger charge is -2.28. The Kier molecular flexibility index (Phi) is 10.5. The Bertz CT molecular complexity index is 744.